The predicted molar refractivity (Wildman–Crippen MR) is 129 cm³/mol. The molecule has 0 fully saturated rings. The minimum atomic E-state index is -0.732. The van der Waals surface area contributed by atoms with Gasteiger partial charge in [-0.1, -0.05) is 30.3 Å². The van der Waals surface area contributed by atoms with Gasteiger partial charge in [0.15, 0.2) is 0 Å². The lowest BCUT2D eigenvalue weighted by atomic mass is 10.1. The molecule has 0 bridgehead atoms. The van der Waals surface area contributed by atoms with E-state index in [4.69, 9.17) is 5.26 Å². The molecule has 2 aromatic carbocycles. The van der Waals surface area contributed by atoms with Crippen molar-refractivity contribution >= 4 is 22.6 Å². The topological polar surface area (TPSA) is 110 Å². The molecule has 9 heteroatoms. The summed E-state index contributed by atoms with van der Waals surface area (Å²) >= 11 is 0. The zero-order chi connectivity index (χ0) is 24.8. The van der Waals surface area contributed by atoms with E-state index in [0.29, 0.717) is 40.8 Å². The highest BCUT2D eigenvalue weighted by molar-refractivity contribution is 5.93. The first-order chi connectivity index (χ1) is 17.0. The fraction of sp³-hybridized carbons (Fsp3) is 0.192. The first-order valence-corrected chi connectivity index (χ1v) is 11.0. The van der Waals surface area contributed by atoms with Gasteiger partial charge in [0, 0.05) is 18.4 Å². The molecule has 4 aromatic rings. The van der Waals surface area contributed by atoms with Gasteiger partial charge in [0.2, 0.25) is 5.95 Å². The Morgan fingerprint density at radius 2 is 1.86 bits per heavy atom. The molecule has 0 atom stereocenters. The van der Waals surface area contributed by atoms with Crippen LogP contribution in [0.5, 0.6) is 0 Å². The summed E-state index contributed by atoms with van der Waals surface area (Å²) in [5.41, 5.74) is 1.46. The van der Waals surface area contributed by atoms with Crippen LogP contribution in [-0.4, -0.2) is 34.4 Å². The van der Waals surface area contributed by atoms with Crippen LogP contribution in [0.3, 0.4) is 0 Å². The quantitative estimate of drug-likeness (QED) is 0.236. The van der Waals surface area contributed by atoms with E-state index in [1.54, 1.807) is 60.7 Å². The van der Waals surface area contributed by atoms with Crippen molar-refractivity contribution in [3.05, 3.63) is 88.1 Å². The van der Waals surface area contributed by atoms with Gasteiger partial charge >= 0.3 is 5.97 Å². The summed E-state index contributed by atoms with van der Waals surface area (Å²) in [6.45, 7) is 0.592. The van der Waals surface area contributed by atoms with E-state index in [1.165, 1.54) is 11.8 Å². The summed E-state index contributed by atoms with van der Waals surface area (Å²) in [6, 6.07) is 19.0. The SMILES string of the molecule is COC(=O)CCCNc1ccc(-c2nn(Cc3ccc(C#N)cc3)c(=O)c3ccccc23)c(F)n1. The van der Waals surface area contributed by atoms with Crippen LogP contribution < -0.4 is 10.9 Å². The molecule has 35 heavy (non-hydrogen) atoms. The number of rotatable bonds is 8. The van der Waals surface area contributed by atoms with Crippen LogP contribution in [0.1, 0.15) is 24.0 Å². The van der Waals surface area contributed by atoms with Crippen molar-refractivity contribution in [2.24, 2.45) is 0 Å². The Morgan fingerprint density at radius 1 is 1.11 bits per heavy atom. The maximum Gasteiger partial charge on any atom is 0.305 e. The standard InChI is InChI=1S/C26H22FN5O3/c1-35-23(33)7-4-14-29-22-13-12-21(25(27)30-22)24-19-5-2-3-6-20(19)26(34)32(31-24)16-18-10-8-17(15-28)9-11-18/h2-3,5-6,8-13H,4,7,14,16H2,1H3,(H,29,30). The summed E-state index contributed by atoms with van der Waals surface area (Å²) < 4.78 is 21.0. The van der Waals surface area contributed by atoms with E-state index in [0.717, 1.165) is 5.56 Å². The van der Waals surface area contributed by atoms with Crippen molar-refractivity contribution < 1.29 is 13.9 Å². The number of carbonyl (C=O) groups is 1. The number of nitrogens with one attached hydrogen (secondary N) is 1. The normalized spacial score (nSPS) is 10.7. The number of carbonyl (C=O) groups excluding carboxylic acids is 1. The van der Waals surface area contributed by atoms with Crippen molar-refractivity contribution in [2.75, 3.05) is 19.0 Å². The second kappa shape index (κ2) is 10.6. The van der Waals surface area contributed by atoms with Crippen LogP contribution in [0.15, 0.2) is 65.5 Å². The number of esters is 1. The van der Waals surface area contributed by atoms with Crippen molar-refractivity contribution in [1.29, 1.82) is 5.26 Å². The maximum atomic E-state index is 15.1. The van der Waals surface area contributed by atoms with Crippen molar-refractivity contribution in [2.45, 2.75) is 19.4 Å². The first-order valence-electron chi connectivity index (χ1n) is 11.0. The molecule has 1 N–H and O–H groups in total. The van der Waals surface area contributed by atoms with Gasteiger partial charge in [-0.05, 0) is 42.3 Å². The molecule has 8 nitrogen and oxygen atoms in total. The number of aromatic nitrogens is 3. The van der Waals surface area contributed by atoms with Crippen LogP contribution >= 0.6 is 0 Å². The van der Waals surface area contributed by atoms with Crippen LogP contribution in [-0.2, 0) is 16.1 Å². The number of halogens is 1. The van der Waals surface area contributed by atoms with Gasteiger partial charge in [0.1, 0.15) is 11.5 Å². The fourth-order valence-electron chi connectivity index (χ4n) is 3.66. The highest BCUT2D eigenvalue weighted by Gasteiger charge is 2.17. The molecule has 0 aliphatic heterocycles. The Bertz CT molecular complexity index is 1480. The van der Waals surface area contributed by atoms with Crippen molar-refractivity contribution in [3.63, 3.8) is 0 Å². The van der Waals surface area contributed by atoms with Gasteiger partial charge in [-0.15, -0.1) is 0 Å². The summed E-state index contributed by atoms with van der Waals surface area (Å²) in [7, 11) is 1.33. The third-order valence-electron chi connectivity index (χ3n) is 5.48. The predicted octanol–water partition coefficient (Wildman–Crippen LogP) is 3.88. The van der Waals surface area contributed by atoms with Crippen molar-refractivity contribution in [3.8, 4) is 17.3 Å². The number of nitrogens with zero attached hydrogens (tertiary/aromatic N) is 4. The molecule has 0 aliphatic carbocycles. The third-order valence-corrected chi connectivity index (χ3v) is 5.48. The minimum Gasteiger partial charge on any atom is -0.469 e. The van der Waals surface area contributed by atoms with Crippen LogP contribution in [0.25, 0.3) is 22.0 Å². The van der Waals surface area contributed by atoms with Crippen LogP contribution in [0, 0.1) is 17.3 Å². The Labute approximate surface area is 200 Å². The Hall–Kier alpha value is -4.58. The number of pyridine rings is 1. The molecule has 0 saturated heterocycles. The summed E-state index contributed by atoms with van der Waals surface area (Å²) in [5.74, 6) is -0.717. The molecule has 2 heterocycles. The number of anilines is 1. The molecule has 4 rings (SSSR count). The van der Waals surface area contributed by atoms with Gasteiger partial charge in [-0.25, -0.2) is 9.67 Å². The summed E-state index contributed by atoms with van der Waals surface area (Å²) in [4.78, 5) is 28.3. The second-order valence-electron chi connectivity index (χ2n) is 7.81. The van der Waals surface area contributed by atoms with Gasteiger partial charge in [-0.2, -0.15) is 14.8 Å². The largest absolute Gasteiger partial charge is 0.469 e. The highest BCUT2D eigenvalue weighted by atomic mass is 19.1. The highest BCUT2D eigenvalue weighted by Crippen LogP contribution is 2.27. The summed E-state index contributed by atoms with van der Waals surface area (Å²) in [6.07, 6.45) is 0.769. The maximum absolute atomic E-state index is 15.1. The average Bonchev–Trinajstić information content (AvgIpc) is 2.89. The Morgan fingerprint density at radius 3 is 2.54 bits per heavy atom. The van der Waals surface area contributed by atoms with E-state index in [9.17, 15) is 9.59 Å². The number of hydrogen-bond acceptors (Lipinski definition) is 7. The van der Waals surface area contributed by atoms with Gasteiger partial charge in [0.25, 0.3) is 5.56 Å². The van der Waals surface area contributed by atoms with E-state index < -0.39 is 5.95 Å². The zero-order valence-corrected chi connectivity index (χ0v) is 19.0. The van der Waals surface area contributed by atoms with E-state index >= 15 is 4.39 Å². The second-order valence-corrected chi connectivity index (χ2v) is 7.81. The number of methoxy groups -OCH3 is 1. The van der Waals surface area contributed by atoms with E-state index in [-0.39, 0.29) is 30.1 Å². The number of nitriles is 1. The molecule has 0 radical (unpaired) electrons. The number of ether oxygens (including phenoxy) is 1. The molecule has 0 spiro atoms. The molecule has 2 aromatic heterocycles. The molecule has 0 aliphatic rings. The molecular weight excluding hydrogens is 449 g/mol. The summed E-state index contributed by atoms with van der Waals surface area (Å²) in [5, 5.41) is 17.4. The minimum absolute atomic E-state index is 0.162. The molecule has 176 valence electrons. The average molecular weight is 471 g/mol. The van der Waals surface area contributed by atoms with E-state index in [1.807, 2.05) is 0 Å². The molecule has 0 saturated carbocycles. The molecule has 0 amide bonds. The number of hydrogen-bond donors (Lipinski definition) is 1. The Balaban J connectivity index is 1.66. The first kappa shape index (κ1) is 23.6. The van der Waals surface area contributed by atoms with Gasteiger partial charge < -0.3 is 10.1 Å². The molecule has 0 unspecified atom stereocenters. The monoisotopic (exact) mass is 471 g/mol. The van der Waals surface area contributed by atoms with Crippen molar-refractivity contribution in [1.82, 2.24) is 14.8 Å². The fourth-order valence-corrected chi connectivity index (χ4v) is 3.66. The lowest BCUT2D eigenvalue weighted by Gasteiger charge is -2.13. The molecular formula is C26H22FN5O3. The lowest BCUT2D eigenvalue weighted by molar-refractivity contribution is -0.140. The smallest absolute Gasteiger partial charge is 0.305 e. The third kappa shape index (κ3) is 5.33. The van der Waals surface area contributed by atoms with E-state index in [2.05, 4.69) is 26.2 Å². The van der Waals surface area contributed by atoms with Crippen LogP contribution in [0.2, 0.25) is 0 Å². The van der Waals surface area contributed by atoms with Gasteiger partial charge in [-0.3, -0.25) is 9.59 Å². The lowest BCUT2D eigenvalue weighted by Crippen LogP contribution is -2.24. The number of fused-ring (bicyclic) bond motifs is 1. The van der Waals surface area contributed by atoms with Crippen LogP contribution in [0.4, 0.5) is 10.2 Å². The Kier molecular flexibility index (Phi) is 7.12. The van der Waals surface area contributed by atoms with Gasteiger partial charge in [0.05, 0.1) is 36.2 Å². The zero-order valence-electron chi connectivity index (χ0n) is 19.0. The number of benzene rings is 2.